The summed E-state index contributed by atoms with van der Waals surface area (Å²) in [4.78, 5) is 16.6. The molecule has 1 amide bonds. The van der Waals surface area contributed by atoms with E-state index < -0.39 is 0 Å². The molecular weight excluding hydrogens is 364 g/mol. The first-order chi connectivity index (χ1) is 12.5. The third-order valence-corrected chi connectivity index (χ3v) is 6.56. The number of aromatic nitrogens is 1. The van der Waals surface area contributed by atoms with Crippen LogP contribution < -0.4 is 16.2 Å². The largest absolute Gasteiger partial charge is 0.358 e. The minimum Gasteiger partial charge on any atom is -0.358 e. The Morgan fingerprint density at radius 1 is 1.27 bits per heavy atom. The first-order valence-electron chi connectivity index (χ1n) is 9.22. The molecule has 1 aliphatic rings. The van der Waals surface area contributed by atoms with Crippen LogP contribution in [0.15, 0.2) is 24.3 Å². The second kappa shape index (κ2) is 8.77. The number of carbonyl (C=O) groups excluding carboxylic acids is 1. The average molecular weight is 391 g/mol. The zero-order valence-corrected chi connectivity index (χ0v) is 16.9. The second-order valence-corrected chi connectivity index (χ2v) is 8.62. The van der Waals surface area contributed by atoms with Crippen molar-refractivity contribution in [3.05, 3.63) is 29.3 Å². The number of nitrogens with zero attached hydrogens (tertiary/aromatic N) is 1. The van der Waals surface area contributed by atoms with E-state index in [2.05, 4.69) is 41.1 Å². The van der Waals surface area contributed by atoms with Gasteiger partial charge in [-0.1, -0.05) is 38.8 Å². The number of hydrogen-bond donors (Lipinski definition) is 3. The lowest BCUT2D eigenvalue weighted by Gasteiger charge is -2.35. The summed E-state index contributed by atoms with van der Waals surface area (Å²) >= 11 is 6.96. The highest BCUT2D eigenvalue weighted by atomic mass is 32.1. The van der Waals surface area contributed by atoms with E-state index in [1.165, 1.54) is 12.8 Å². The van der Waals surface area contributed by atoms with Gasteiger partial charge in [0.25, 0.3) is 0 Å². The molecule has 140 valence electrons. The number of thiazole rings is 1. The number of hydrazine groups is 1. The number of carbonyl (C=O) groups is 1. The number of hydrogen-bond acceptors (Lipinski definition) is 4. The summed E-state index contributed by atoms with van der Waals surface area (Å²) in [5, 5.41) is 4.81. The van der Waals surface area contributed by atoms with Crippen LogP contribution in [0.5, 0.6) is 0 Å². The quantitative estimate of drug-likeness (QED) is 0.550. The lowest BCUT2D eigenvalue weighted by molar-refractivity contribution is -0.121. The van der Waals surface area contributed by atoms with Crippen LogP contribution in [0.2, 0.25) is 0 Å². The maximum Gasteiger partial charge on any atom is 0.238 e. The van der Waals surface area contributed by atoms with Crippen molar-refractivity contribution in [3.63, 3.8) is 0 Å². The fraction of sp³-hybridized carbons (Fsp3) is 0.526. The van der Waals surface area contributed by atoms with Gasteiger partial charge in [0.15, 0.2) is 5.11 Å². The first-order valence-corrected chi connectivity index (χ1v) is 10.4. The molecule has 1 heterocycles. The molecule has 1 aromatic carbocycles. The van der Waals surface area contributed by atoms with E-state index in [-0.39, 0.29) is 5.91 Å². The Kier molecular flexibility index (Phi) is 6.43. The van der Waals surface area contributed by atoms with Crippen molar-refractivity contribution in [2.75, 3.05) is 0 Å². The number of rotatable bonds is 4. The Bertz CT molecular complexity index is 743. The lowest BCUT2D eigenvalue weighted by Crippen LogP contribution is -2.52. The Hall–Kier alpha value is -1.73. The summed E-state index contributed by atoms with van der Waals surface area (Å²) in [6.45, 7) is 4.56. The Morgan fingerprint density at radius 2 is 2.08 bits per heavy atom. The number of nitrogens with one attached hydrogen (secondary N) is 3. The Morgan fingerprint density at radius 3 is 2.88 bits per heavy atom. The molecule has 1 aliphatic carbocycles. The van der Waals surface area contributed by atoms with Gasteiger partial charge >= 0.3 is 0 Å². The third-order valence-electron chi connectivity index (χ3n) is 5.24. The van der Waals surface area contributed by atoms with Gasteiger partial charge in [-0.2, -0.15) is 0 Å². The molecule has 3 rings (SSSR count). The molecule has 1 saturated carbocycles. The Labute approximate surface area is 163 Å². The van der Waals surface area contributed by atoms with E-state index in [9.17, 15) is 4.79 Å². The van der Waals surface area contributed by atoms with Gasteiger partial charge in [0, 0.05) is 18.9 Å². The van der Waals surface area contributed by atoms with Crippen molar-refractivity contribution in [1.29, 1.82) is 0 Å². The first kappa shape index (κ1) is 19.0. The van der Waals surface area contributed by atoms with Gasteiger partial charge in [-0.3, -0.25) is 15.6 Å². The molecule has 0 aliphatic heterocycles. The van der Waals surface area contributed by atoms with Crippen molar-refractivity contribution in [2.24, 2.45) is 11.8 Å². The zero-order valence-electron chi connectivity index (χ0n) is 15.2. The van der Waals surface area contributed by atoms with Crippen molar-refractivity contribution in [2.45, 2.75) is 52.0 Å². The standard InChI is InChI=1S/C19H26N4OS2/c1-12-6-5-8-14(13(12)2)21-19(25)23-22-17(24)10-11-18-20-15-7-3-4-9-16(15)26-18/h3-4,7,9,12-14H,5-6,8,10-11H2,1-2H3,(H,22,24)(H2,21,23,25)/t12-,13+,14-/m0/s1. The minimum absolute atomic E-state index is 0.0848. The van der Waals surface area contributed by atoms with E-state index in [0.717, 1.165) is 21.6 Å². The summed E-state index contributed by atoms with van der Waals surface area (Å²) in [6, 6.07) is 8.40. The molecule has 2 aromatic rings. The summed E-state index contributed by atoms with van der Waals surface area (Å²) < 4.78 is 1.15. The van der Waals surface area contributed by atoms with Crippen molar-refractivity contribution in [1.82, 2.24) is 21.2 Å². The van der Waals surface area contributed by atoms with E-state index in [1.54, 1.807) is 11.3 Å². The topological polar surface area (TPSA) is 66.0 Å². The molecule has 0 unspecified atom stereocenters. The van der Waals surface area contributed by atoms with Gasteiger partial charge in [0.1, 0.15) is 0 Å². The maximum absolute atomic E-state index is 12.1. The van der Waals surface area contributed by atoms with Gasteiger partial charge in [0.05, 0.1) is 15.2 Å². The number of benzene rings is 1. The van der Waals surface area contributed by atoms with Gasteiger partial charge in [-0.05, 0) is 42.6 Å². The molecule has 1 fully saturated rings. The normalized spacial score (nSPS) is 22.8. The average Bonchev–Trinajstić information content (AvgIpc) is 3.05. The molecule has 1 aromatic heterocycles. The summed E-state index contributed by atoms with van der Waals surface area (Å²) in [7, 11) is 0. The van der Waals surface area contributed by atoms with Crippen LogP contribution in [0.1, 0.15) is 44.5 Å². The number of para-hydroxylation sites is 1. The predicted octanol–water partition coefficient (Wildman–Crippen LogP) is 3.55. The highest BCUT2D eigenvalue weighted by molar-refractivity contribution is 7.80. The van der Waals surface area contributed by atoms with Crippen LogP contribution in [-0.2, 0) is 11.2 Å². The summed E-state index contributed by atoms with van der Waals surface area (Å²) in [6.07, 6.45) is 4.64. The van der Waals surface area contributed by atoms with E-state index in [1.807, 2.05) is 18.2 Å². The van der Waals surface area contributed by atoms with Gasteiger partial charge in [-0.15, -0.1) is 11.3 Å². The molecule has 26 heavy (non-hydrogen) atoms. The van der Waals surface area contributed by atoms with Crippen molar-refractivity contribution in [3.8, 4) is 0 Å². The van der Waals surface area contributed by atoms with Crippen LogP contribution in [0, 0.1) is 11.8 Å². The zero-order chi connectivity index (χ0) is 18.5. The van der Waals surface area contributed by atoms with Crippen LogP contribution in [0.4, 0.5) is 0 Å². The van der Waals surface area contributed by atoms with Gasteiger partial charge in [-0.25, -0.2) is 4.98 Å². The second-order valence-electron chi connectivity index (χ2n) is 7.10. The molecule has 0 saturated heterocycles. The Balaban J connectivity index is 1.40. The lowest BCUT2D eigenvalue weighted by atomic mass is 9.78. The fourth-order valence-corrected chi connectivity index (χ4v) is 4.60. The highest BCUT2D eigenvalue weighted by Crippen LogP contribution is 2.29. The molecule has 0 spiro atoms. The maximum atomic E-state index is 12.1. The van der Waals surface area contributed by atoms with Crippen molar-refractivity contribution >= 4 is 44.8 Å². The smallest absolute Gasteiger partial charge is 0.238 e. The van der Waals surface area contributed by atoms with Crippen LogP contribution in [0.3, 0.4) is 0 Å². The number of thiocarbonyl (C=S) groups is 1. The van der Waals surface area contributed by atoms with E-state index >= 15 is 0 Å². The van der Waals surface area contributed by atoms with Crippen LogP contribution in [0.25, 0.3) is 10.2 Å². The molecule has 3 N–H and O–H groups in total. The van der Waals surface area contributed by atoms with Crippen LogP contribution in [-0.4, -0.2) is 22.0 Å². The fourth-order valence-electron chi connectivity index (χ4n) is 3.43. The molecule has 0 radical (unpaired) electrons. The minimum atomic E-state index is -0.0848. The summed E-state index contributed by atoms with van der Waals surface area (Å²) in [5.41, 5.74) is 6.51. The number of amides is 1. The third kappa shape index (κ3) is 4.92. The molecule has 3 atom stereocenters. The van der Waals surface area contributed by atoms with E-state index in [0.29, 0.717) is 35.8 Å². The molecule has 5 nitrogen and oxygen atoms in total. The molecule has 7 heteroatoms. The summed E-state index contributed by atoms with van der Waals surface area (Å²) in [5.74, 6) is 1.20. The molecular formula is C19H26N4OS2. The predicted molar refractivity (Wildman–Crippen MR) is 111 cm³/mol. The highest BCUT2D eigenvalue weighted by Gasteiger charge is 2.27. The van der Waals surface area contributed by atoms with Gasteiger partial charge < -0.3 is 5.32 Å². The van der Waals surface area contributed by atoms with E-state index in [4.69, 9.17) is 12.2 Å². The monoisotopic (exact) mass is 390 g/mol. The number of fused-ring (bicyclic) bond motifs is 1. The molecule has 0 bridgehead atoms. The number of aryl methyl sites for hydroxylation is 1. The van der Waals surface area contributed by atoms with Gasteiger partial charge in [0.2, 0.25) is 5.91 Å². The SMILES string of the molecule is C[C@H]1[C@@H](NC(=S)NNC(=O)CCc2nc3ccccc3s2)CCC[C@@H]1C. The van der Waals surface area contributed by atoms with Crippen molar-refractivity contribution < 1.29 is 4.79 Å². The van der Waals surface area contributed by atoms with Crippen LogP contribution >= 0.6 is 23.6 Å².